The molecule has 0 saturated heterocycles. The molecule has 0 aliphatic carbocycles. The first-order valence-electron chi connectivity index (χ1n) is 7.89. The van der Waals surface area contributed by atoms with Crippen molar-refractivity contribution in [3.05, 3.63) is 52.8 Å². The summed E-state index contributed by atoms with van der Waals surface area (Å²) in [7, 11) is 0. The van der Waals surface area contributed by atoms with Gasteiger partial charge in [-0.05, 0) is 49.7 Å². The van der Waals surface area contributed by atoms with E-state index in [1.165, 1.54) is 0 Å². The van der Waals surface area contributed by atoms with E-state index in [0.29, 0.717) is 0 Å². The molecule has 0 amide bonds. The van der Waals surface area contributed by atoms with E-state index >= 15 is 0 Å². The Morgan fingerprint density at radius 2 is 1.75 bits per heavy atom. The fourth-order valence-electron chi connectivity index (χ4n) is 2.91. The largest absolute Gasteiger partial charge is 0.478 e. The van der Waals surface area contributed by atoms with Crippen LogP contribution in [0.3, 0.4) is 0 Å². The molecule has 0 radical (unpaired) electrons. The van der Waals surface area contributed by atoms with E-state index < -0.39 is 5.97 Å². The topological polar surface area (TPSA) is 68.0 Å². The molecule has 1 N–H and O–H groups in total. The number of aromatic nitrogens is 3. The minimum atomic E-state index is -0.938. The summed E-state index contributed by atoms with van der Waals surface area (Å²) in [6.45, 7) is 10.4. The van der Waals surface area contributed by atoms with Gasteiger partial charge in [-0.15, -0.1) is 0 Å². The van der Waals surface area contributed by atoms with E-state index in [-0.39, 0.29) is 11.0 Å². The molecule has 5 nitrogen and oxygen atoms in total. The van der Waals surface area contributed by atoms with Crippen molar-refractivity contribution in [2.24, 2.45) is 0 Å². The molecule has 0 spiro atoms. The van der Waals surface area contributed by atoms with Crippen LogP contribution in [0, 0.1) is 13.8 Å². The number of fused-ring (bicyclic) bond motifs is 1. The summed E-state index contributed by atoms with van der Waals surface area (Å²) in [6, 6.07) is 8.77. The van der Waals surface area contributed by atoms with Gasteiger partial charge in [0.25, 0.3) is 0 Å². The lowest BCUT2D eigenvalue weighted by Gasteiger charge is -2.16. The number of carboxylic acids is 1. The van der Waals surface area contributed by atoms with Gasteiger partial charge in [-0.25, -0.2) is 14.5 Å². The van der Waals surface area contributed by atoms with Crippen molar-refractivity contribution in [2.45, 2.75) is 40.0 Å². The van der Waals surface area contributed by atoms with Gasteiger partial charge < -0.3 is 5.11 Å². The Labute approximate surface area is 141 Å². The van der Waals surface area contributed by atoms with Crippen molar-refractivity contribution in [1.82, 2.24) is 14.8 Å². The summed E-state index contributed by atoms with van der Waals surface area (Å²) in [5.41, 5.74) is 4.82. The van der Waals surface area contributed by atoms with Crippen LogP contribution in [-0.2, 0) is 5.41 Å². The molecule has 0 atom stereocenters. The average molecular weight is 323 g/mol. The van der Waals surface area contributed by atoms with Gasteiger partial charge in [-0.1, -0.05) is 20.8 Å². The van der Waals surface area contributed by atoms with Crippen molar-refractivity contribution >= 4 is 17.0 Å². The van der Waals surface area contributed by atoms with Crippen LogP contribution in [-0.4, -0.2) is 25.8 Å². The van der Waals surface area contributed by atoms with Crippen LogP contribution in [0.5, 0.6) is 0 Å². The summed E-state index contributed by atoms with van der Waals surface area (Å²) < 4.78 is 1.81. The molecule has 0 aliphatic rings. The van der Waals surface area contributed by atoms with E-state index in [9.17, 15) is 4.79 Å². The zero-order chi connectivity index (χ0) is 17.6. The number of aromatic carboxylic acids is 1. The van der Waals surface area contributed by atoms with E-state index in [2.05, 4.69) is 38.7 Å². The molecule has 2 aromatic heterocycles. The first kappa shape index (κ1) is 16.2. The van der Waals surface area contributed by atoms with Gasteiger partial charge in [-0.2, -0.15) is 5.10 Å². The Hall–Kier alpha value is -2.69. The predicted molar refractivity (Wildman–Crippen MR) is 94.0 cm³/mol. The van der Waals surface area contributed by atoms with E-state index in [0.717, 1.165) is 33.7 Å². The van der Waals surface area contributed by atoms with Crippen LogP contribution >= 0.6 is 0 Å². The van der Waals surface area contributed by atoms with Crippen LogP contribution < -0.4 is 0 Å². The summed E-state index contributed by atoms with van der Waals surface area (Å²) in [6.07, 6.45) is 0. The van der Waals surface area contributed by atoms with Gasteiger partial charge in [-0.3, -0.25) is 0 Å². The number of carboxylic acid groups (broad SMARTS) is 1. The van der Waals surface area contributed by atoms with Gasteiger partial charge in [0.15, 0.2) is 5.65 Å². The molecule has 3 aromatic rings. The maximum atomic E-state index is 11.1. The highest BCUT2D eigenvalue weighted by atomic mass is 16.4. The number of benzene rings is 1. The maximum Gasteiger partial charge on any atom is 0.335 e. The van der Waals surface area contributed by atoms with Gasteiger partial charge in [0, 0.05) is 16.5 Å². The van der Waals surface area contributed by atoms with Crippen LogP contribution in [0.25, 0.3) is 16.7 Å². The lowest BCUT2D eigenvalue weighted by molar-refractivity contribution is 0.0697. The Bertz CT molecular complexity index is 932. The smallest absolute Gasteiger partial charge is 0.335 e. The van der Waals surface area contributed by atoms with Gasteiger partial charge in [0.1, 0.15) is 0 Å². The minimum absolute atomic E-state index is 0.119. The van der Waals surface area contributed by atoms with Gasteiger partial charge in [0.2, 0.25) is 0 Å². The fourth-order valence-corrected chi connectivity index (χ4v) is 2.91. The molecule has 2 heterocycles. The molecule has 0 aliphatic heterocycles. The number of hydrogen-bond donors (Lipinski definition) is 1. The molecule has 0 fully saturated rings. The number of rotatable bonds is 2. The maximum absolute atomic E-state index is 11.1. The summed E-state index contributed by atoms with van der Waals surface area (Å²) in [5.74, 6) is -0.938. The van der Waals surface area contributed by atoms with E-state index in [1.54, 1.807) is 24.3 Å². The Morgan fingerprint density at radius 1 is 1.12 bits per heavy atom. The average Bonchev–Trinajstić information content (AvgIpc) is 2.87. The zero-order valence-electron chi connectivity index (χ0n) is 14.6. The van der Waals surface area contributed by atoms with Crippen LogP contribution in [0.15, 0.2) is 30.3 Å². The lowest BCUT2D eigenvalue weighted by atomic mass is 9.89. The molecule has 124 valence electrons. The number of aryl methyl sites for hydroxylation is 2. The molecule has 5 heteroatoms. The molecule has 0 saturated carbocycles. The summed E-state index contributed by atoms with van der Waals surface area (Å²) in [4.78, 5) is 15.7. The minimum Gasteiger partial charge on any atom is -0.478 e. The van der Waals surface area contributed by atoms with Crippen molar-refractivity contribution in [1.29, 1.82) is 0 Å². The first-order chi connectivity index (χ1) is 11.2. The standard InChI is InChI=1S/C19H21N3O2/c1-11-10-12(2)20-17-15(11)16(19(3,4)5)21-22(17)14-8-6-13(7-9-14)18(23)24/h6-10H,1-5H3,(H,23,24). The number of nitrogens with zero attached hydrogens (tertiary/aromatic N) is 3. The molecular formula is C19H21N3O2. The zero-order valence-corrected chi connectivity index (χ0v) is 14.6. The quantitative estimate of drug-likeness (QED) is 0.773. The molecular weight excluding hydrogens is 302 g/mol. The Morgan fingerprint density at radius 3 is 2.29 bits per heavy atom. The second-order valence-corrected chi connectivity index (χ2v) is 7.14. The highest BCUT2D eigenvalue weighted by Gasteiger charge is 2.25. The lowest BCUT2D eigenvalue weighted by Crippen LogP contribution is -2.13. The molecule has 0 unspecified atom stereocenters. The second kappa shape index (κ2) is 5.44. The summed E-state index contributed by atoms with van der Waals surface area (Å²) >= 11 is 0. The van der Waals surface area contributed by atoms with Gasteiger partial charge in [0.05, 0.1) is 16.9 Å². The van der Waals surface area contributed by atoms with Crippen molar-refractivity contribution in [3.8, 4) is 5.69 Å². The van der Waals surface area contributed by atoms with Crippen LogP contribution in [0.1, 0.15) is 48.1 Å². The molecule has 24 heavy (non-hydrogen) atoms. The van der Waals surface area contributed by atoms with Crippen molar-refractivity contribution < 1.29 is 9.90 Å². The van der Waals surface area contributed by atoms with Crippen LogP contribution in [0.4, 0.5) is 0 Å². The second-order valence-electron chi connectivity index (χ2n) is 7.14. The number of hydrogen-bond acceptors (Lipinski definition) is 3. The Kier molecular flexibility index (Phi) is 3.67. The third kappa shape index (κ3) is 2.66. The predicted octanol–water partition coefficient (Wildman–Crippen LogP) is 4.03. The van der Waals surface area contributed by atoms with E-state index in [1.807, 2.05) is 11.6 Å². The van der Waals surface area contributed by atoms with Crippen molar-refractivity contribution in [2.75, 3.05) is 0 Å². The fraction of sp³-hybridized carbons (Fsp3) is 0.316. The summed E-state index contributed by atoms with van der Waals surface area (Å²) in [5, 5.41) is 14.9. The third-order valence-electron chi connectivity index (χ3n) is 4.03. The van der Waals surface area contributed by atoms with E-state index in [4.69, 9.17) is 10.2 Å². The molecule has 1 aromatic carbocycles. The molecule has 0 bridgehead atoms. The molecule has 3 rings (SSSR count). The highest BCUT2D eigenvalue weighted by Crippen LogP contribution is 2.32. The van der Waals surface area contributed by atoms with Crippen molar-refractivity contribution in [3.63, 3.8) is 0 Å². The SMILES string of the molecule is Cc1cc(C)c2c(C(C)(C)C)nn(-c3ccc(C(=O)O)cc3)c2n1. The normalized spacial score (nSPS) is 11.9. The highest BCUT2D eigenvalue weighted by molar-refractivity contribution is 5.88. The Balaban J connectivity index is 2.30. The van der Waals surface area contributed by atoms with Crippen LogP contribution in [0.2, 0.25) is 0 Å². The monoisotopic (exact) mass is 323 g/mol. The van der Waals surface area contributed by atoms with Gasteiger partial charge >= 0.3 is 5.97 Å². The first-order valence-corrected chi connectivity index (χ1v) is 7.89. The third-order valence-corrected chi connectivity index (χ3v) is 4.03. The number of carbonyl (C=O) groups is 1. The number of pyridine rings is 1.